The molecule has 2 aromatic heterocycles. The fourth-order valence-electron chi connectivity index (χ4n) is 10.7. The van der Waals surface area contributed by atoms with Gasteiger partial charge in [-0.1, -0.05) is 159 Å². The predicted octanol–water partition coefficient (Wildman–Crippen LogP) is 17.7. The maximum atomic E-state index is 7.21. The number of rotatable bonds is 7. The summed E-state index contributed by atoms with van der Waals surface area (Å²) >= 11 is 0. The van der Waals surface area contributed by atoms with Crippen molar-refractivity contribution >= 4 is 27.8 Å². The lowest BCUT2D eigenvalue weighted by Gasteiger charge is -2.47. The Bertz CT molecular complexity index is 3350. The van der Waals surface area contributed by atoms with Gasteiger partial charge in [-0.2, -0.15) is 0 Å². The highest BCUT2D eigenvalue weighted by Gasteiger charge is 2.49. The molecule has 0 amide bonds. The smallest absolute Gasteiger partial charge is 0.128 e. The molecule has 3 heterocycles. The molecule has 1 aliphatic rings. The minimum atomic E-state index is -0.853. The van der Waals surface area contributed by atoms with Crippen molar-refractivity contribution in [2.45, 2.75) is 105 Å². The Morgan fingerprint density at radius 1 is 0.471 bits per heavy atom. The van der Waals surface area contributed by atoms with E-state index in [4.69, 9.17) is 14.7 Å². The molecule has 0 N–H and O–H groups in total. The van der Waals surface area contributed by atoms with E-state index in [1.165, 1.54) is 50.1 Å². The summed E-state index contributed by atoms with van der Waals surface area (Å²) in [6, 6.07) is 60.2. The molecular formula is C66H65N3O. The Labute approximate surface area is 416 Å². The SMILES string of the molecule is Cc1cc(C)c(-c2cc(Oc3cccc(C4(c5ccccn5)c5cc(C(C)(C)C)ccc5N(c5ccc(C(C)(C)C)cc5)c5ccc(C(C)(C)C)cc54)c3)cc(-c3cc4ccccc4cn3)c2)c(C)c1. The van der Waals surface area contributed by atoms with Crippen molar-refractivity contribution in [2.24, 2.45) is 0 Å². The van der Waals surface area contributed by atoms with Gasteiger partial charge in [-0.15, -0.1) is 0 Å². The van der Waals surface area contributed by atoms with E-state index in [1.54, 1.807) is 0 Å². The fraction of sp³-hybridized carbons (Fsp3) is 0.242. The van der Waals surface area contributed by atoms with Crippen LogP contribution in [0.1, 0.15) is 118 Å². The molecule has 1 aliphatic heterocycles. The lowest BCUT2D eigenvalue weighted by molar-refractivity contribution is 0.481. The van der Waals surface area contributed by atoms with Gasteiger partial charge in [-0.25, -0.2) is 0 Å². The van der Waals surface area contributed by atoms with Crippen molar-refractivity contribution in [3.05, 3.63) is 232 Å². The standard InChI is InChI=1S/C66H65N3O/c1-42-32-43(2)62(44(3)33-42)48-34-47(58-37-45-18-13-14-19-46(45)41-68-58)35-55(36-48)70-54-21-17-20-52(38-54)66(61-22-15-16-31-67-61)56-39-50(64(7,8)9)25-29-59(56)69(53-27-23-49(24-28-53)63(4,5)6)60-30-26-51(40-57(60)66)65(10,11)12/h13-41H,1-12H3. The third-order valence-electron chi connectivity index (χ3n) is 14.4. The highest BCUT2D eigenvalue weighted by atomic mass is 16.5. The minimum Gasteiger partial charge on any atom is -0.457 e. The van der Waals surface area contributed by atoms with Crippen molar-refractivity contribution in [3.8, 4) is 33.9 Å². The van der Waals surface area contributed by atoms with E-state index in [2.05, 4.69) is 246 Å². The number of aryl methyl sites for hydroxylation is 3. The van der Waals surface area contributed by atoms with E-state index in [0.29, 0.717) is 0 Å². The van der Waals surface area contributed by atoms with Crippen LogP contribution in [-0.4, -0.2) is 9.97 Å². The normalized spacial score (nSPS) is 13.5. The molecule has 70 heavy (non-hydrogen) atoms. The van der Waals surface area contributed by atoms with E-state index < -0.39 is 5.41 Å². The lowest BCUT2D eigenvalue weighted by Crippen LogP contribution is -2.39. The quantitative estimate of drug-likeness (QED) is 0.160. The molecule has 0 radical (unpaired) electrons. The van der Waals surface area contributed by atoms with Crippen molar-refractivity contribution in [1.29, 1.82) is 0 Å². The van der Waals surface area contributed by atoms with Crippen molar-refractivity contribution < 1.29 is 4.74 Å². The van der Waals surface area contributed by atoms with Gasteiger partial charge in [-0.05, 0) is 171 Å². The number of ether oxygens (including phenoxy) is 1. The Morgan fingerprint density at radius 3 is 1.66 bits per heavy atom. The van der Waals surface area contributed by atoms with Gasteiger partial charge in [0.05, 0.1) is 28.2 Å². The topological polar surface area (TPSA) is 38.2 Å². The summed E-state index contributed by atoms with van der Waals surface area (Å²) in [4.78, 5) is 12.8. The molecule has 0 aliphatic carbocycles. The first-order chi connectivity index (χ1) is 33.3. The molecule has 0 saturated heterocycles. The predicted molar refractivity (Wildman–Crippen MR) is 294 cm³/mol. The van der Waals surface area contributed by atoms with Crippen LogP contribution >= 0.6 is 0 Å². The van der Waals surface area contributed by atoms with Gasteiger partial charge < -0.3 is 9.64 Å². The van der Waals surface area contributed by atoms with Crippen LogP contribution in [0.3, 0.4) is 0 Å². The first-order valence-corrected chi connectivity index (χ1v) is 24.8. The second-order valence-corrected chi connectivity index (χ2v) is 22.6. The van der Waals surface area contributed by atoms with E-state index in [9.17, 15) is 0 Å². The molecule has 9 aromatic rings. The maximum Gasteiger partial charge on any atom is 0.128 e. The Morgan fingerprint density at radius 2 is 1.06 bits per heavy atom. The summed E-state index contributed by atoms with van der Waals surface area (Å²) in [5.74, 6) is 1.48. The number of hydrogen-bond acceptors (Lipinski definition) is 4. The third kappa shape index (κ3) is 8.38. The van der Waals surface area contributed by atoms with E-state index >= 15 is 0 Å². The molecule has 0 spiro atoms. The Balaban J connectivity index is 1.22. The number of benzene rings is 7. The number of hydrogen-bond donors (Lipinski definition) is 0. The number of aromatic nitrogens is 2. The van der Waals surface area contributed by atoms with Crippen LogP contribution in [0.5, 0.6) is 11.5 Å². The molecule has 0 unspecified atom stereocenters. The first kappa shape index (κ1) is 46.4. The van der Waals surface area contributed by atoms with E-state index in [0.717, 1.165) is 67.4 Å². The Kier molecular flexibility index (Phi) is 11.5. The lowest BCUT2D eigenvalue weighted by atomic mass is 9.62. The van der Waals surface area contributed by atoms with Gasteiger partial charge in [-0.3, -0.25) is 9.97 Å². The minimum absolute atomic E-state index is 0.0233. The van der Waals surface area contributed by atoms with Gasteiger partial charge in [0.15, 0.2) is 0 Å². The molecule has 350 valence electrons. The van der Waals surface area contributed by atoms with Gasteiger partial charge in [0.1, 0.15) is 11.5 Å². The van der Waals surface area contributed by atoms with Crippen LogP contribution in [0.4, 0.5) is 17.1 Å². The average molecular weight is 916 g/mol. The third-order valence-corrected chi connectivity index (χ3v) is 14.4. The maximum absolute atomic E-state index is 7.21. The largest absolute Gasteiger partial charge is 0.457 e. The summed E-state index contributed by atoms with van der Waals surface area (Å²) in [6.45, 7) is 27.2. The van der Waals surface area contributed by atoms with Crippen LogP contribution in [0.2, 0.25) is 0 Å². The van der Waals surface area contributed by atoms with Crippen LogP contribution in [-0.2, 0) is 21.7 Å². The monoisotopic (exact) mass is 916 g/mol. The summed E-state index contributed by atoms with van der Waals surface area (Å²) in [5.41, 5.74) is 18.3. The molecule has 7 aromatic carbocycles. The number of anilines is 3. The van der Waals surface area contributed by atoms with Gasteiger partial charge in [0.25, 0.3) is 0 Å². The number of fused-ring (bicyclic) bond motifs is 3. The number of nitrogens with zero attached hydrogens (tertiary/aromatic N) is 3. The molecule has 0 saturated carbocycles. The second-order valence-electron chi connectivity index (χ2n) is 22.6. The highest BCUT2D eigenvalue weighted by molar-refractivity contribution is 5.90. The van der Waals surface area contributed by atoms with Crippen LogP contribution in [0.25, 0.3) is 33.2 Å². The second kappa shape index (κ2) is 17.3. The number of pyridine rings is 2. The highest BCUT2D eigenvalue weighted by Crippen LogP contribution is 2.59. The van der Waals surface area contributed by atoms with Crippen molar-refractivity contribution in [2.75, 3.05) is 4.90 Å². The zero-order valence-electron chi connectivity index (χ0n) is 43.0. The molecular weight excluding hydrogens is 851 g/mol. The van der Waals surface area contributed by atoms with Crippen LogP contribution in [0.15, 0.2) is 176 Å². The van der Waals surface area contributed by atoms with Crippen molar-refractivity contribution in [3.63, 3.8) is 0 Å². The molecule has 0 atom stereocenters. The van der Waals surface area contributed by atoms with Crippen LogP contribution < -0.4 is 9.64 Å². The van der Waals surface area contributed by atoms with Crippen LogP contribution in [0, 0.1) is 20.8 Å². The van der Waals surface area contributed by atoms with E-state index in [-0.39, 0.29) is 16.2 Å². The average Bonchev–Trinajstić information content (AvgIpc) is 3.32. The summed E-state index contributed by atoms with van der Waals surface area (Å²) in [6.07, 6.45) is 3.91. The summed E-state index contributed by atoms with van der Waals surface area (Å²) < 4.78 is 7.21. The van der Waals surface area contributed by atoms with E-state index in [1.807, 2.05) is 18.5 Å². The van der Waals surface area contributed by atoms with Gasteiger partial charge >= 0.3 is 0 Å². The molecule has 0 bridgehead atoms. The fourth-order valence-corrected chi connectivity index (χ4v) is 10.7. The zero-order chi connectivity index (χ0) is 49.3. The summed E-state index contributed by atoms with van der Waals surface area (Å²) in [5, 5.41) is 2.26. The molecule has 4 heteroatoms. The molecule has 0 fully saturated rings. The van der Waals surface area contributed by atoms with Gasteiger partial charge in [0, 0.05) is 29.0 Å². The summed E-state index contributed by atoms with van der Waals surface area (Å²) in [7, 11) is 0. The Hall–Kier alpha value is -7.30. The zero-order valence-corrected chi connectivity index (χ0v) is 43.0. The molecule has 10 rings (SSSR count). The van der Waals surface area contributed by atoms with Crippen molar-refractivity contribution in [1.82, 2.24) is 9.97 Å². The molecule has 4 nitrogen and oxygen atoms in total. The van der Waals surface area contributed by atoms with Gasteiger partial charge in [0.2, 0.25) is 0 Å². The first-order valence-electron chi connectivity index (χ1n) is 24.8.